The summed E-state index contributed by atoms with van der Waals surface area (Å²) in [6, 6.07) is 14.9. The second-order valence-electron chi connectivity index (χ2n) is 9.23. The van der Waals surface area contributed by atoms with Crippen LogP contribution in [0, 0.1) is 11.8 Å². The first-order chi connectivity index (χ1) is 15.8. The van der Waals surface area contributed by atoms with Crippen molar-refractivity contribution in [2.45, 2.75) is 31.6 Å². The Labute approximate surface area is 196 Å². The number of nitrogens with zero attached hydrogens (tertiary/aromatic N) is 2. The summed E-state index contributed by atoms with van der Waals surface area (Å²) >= 11 is 0. The highest BCUT2D eigenvalue weighted by molar-refractivity contribution is 7.89. The number of ether oxygens (including phenoxy) is 1. The number of amides is 1. The average Bonchev–Trinajstić information content (AvgIpc) is 2.83. The highest BCUT2D eigenvalue weighted by Gasteiger charge is 2.34. The molecular formula is C26H32N2O4S. The van der Waals surface area contributed by atoms with Gasteiger partial charge in [-0.2, -0.15) is 4.31 Å². The minimum absolute atomic E-state index is 0.0645. The average molecular weight is 469 g/mol. The molecule has 2 aromatic carbocycles. The van der Waals surface area contributed by atoms with Crippen LogP contribution in [0.5, 0.6) is 5.75 Å². The van der Waals surface area contributed by atoms with E-state index < -0.39 is 10.0 Å². The summed E-state index contributed by atoms with van der Waals surface area (Å²) in [6.45, 7) is 6.19. The van der Waals surface area contributed by atoms with E-state index in [1.165, 1.54) is 28.6 Å². The van der Waals surface area contributed by atoms with Crippen LogP contribution in [-0.4, -0.2) is 56.8 Å². The van der Waals surface area contributed by atoms with Gasteiger partial charge in [0.15, 0.2) is 0 Å². The SMILES string of the molecule is COc1ccc(C(=O)N2CC=C(c3ccccc3)CC2)cc1S(=O)(=O)N1C[C@@H](C)C[C@H](C)C1. The largest absolute Gasteiger partial charge is 0.495 e. The molecule has 0 spiro atoms. The highest BCUT2D eigenvalue weighted by atomic mass is 32.2. The van der Waals surface area contributed by atoms with Crippen LogP contribution in [0.15, 0.2) is 59.5 Å². The van der Waals surface area contributed by atoms with Gasteiger partial charge in [0, 0.05) is 31.7 Å². The molecule has 2 aromatic rings. The standard InChI is InChI=1S/C26H32N2O4S/c1-19-15-20(2)18-28(17-19)33(30,31)25-16-23(9-10-24(25)32-3)26(29)27-13-11-22(12-14-27)21-7-5-4-6-8-21/h4-11,16,19-20H,12-15,17-18H2,1-3H3/t19-,20-/m0/s1. The molecule has 4 rings (SSSR count). The van der Waals surface area contributed by atoms with Crippen molar-refractivity contribution in [2.24, 2.45) is 11.8 Å². The Bertz CT molecular complexity index is 1130. The van der Waals surface area contributed by atoms with E-state index in [9.17, 15) is 13.2 Å². The van der Waals surface area contributed by atoms with E-state index in [-0.39, 0.29) is 16.6 Å². The molecule has 0 aliphatic carbocycles. The molecular weight excluding hydrogens is 436 g/mol. The Morgan fingerprint density at radius 1 is 1.03 bits per heavy atom. The number of sulfonamides is 1. The van der Waals surface area contributed by atoms with E-state index in [2.05, 4.69) is 32.1 Å². The third-order valence-corrected chi connectivity index (χ3v) is 8.36. The molecule has 0 saturated carbocycles. The van der Waals surface area contributed by atoms with E-state index >= 15 is 0 Å². The zero-order valence-corrected chi connectivity index (χ0v) is 20.3. The van der Waals surface area contributed by atoms with Crippen molar-refractivity contribution in [1.29, 1.82) is 0 Å². The molecule has 0 bridgehead atoms. The summed E-state index contributed by atoms with van der Waals surface area (Å²) in [4.78, 5) is 15.1. The quantitative estimate of drug-likeness (QED) is 0.657. The maximum atomic E-state index is 13.5. The number of carbonyl (C=O) groups is 1. The fourth-order valence-corrected chi connectivity index (χ4v) is 6.76. The summed E-state index contributed by atoms with van der Waals surface area (Å²) in [7, 11) is -2.32. The maximum Gasteiger partial charge on any atom is 0.254 e. The number of methoxy groups -OCH3 is 1. The van der Waals surface area contributed by atoms with Crippen LogP contribution >= 0.6 is 0 Å². The van der Waals surface area contributed by atoms with Crippen molar-refractivity contribution < 1.29 is 17.9 Å². The van der Waals surface area contributed by atoms with Crippen molar-refractivity contribution in [3.63, 3.8) is 0 Å². The van der Waals surface area contributed by atoms with E-state index in [1.54, 1.807) is 17.0 Å². The van der Waals surface area contributed by atoms with Gasteiger partial charge in [-0.05, 0) is 54.0 Å². The summed E-state index contributed by atoms with van der Waals surface area (Å²) in [5.74, 6) is 0.678. The fourth-order valence-electron chi connectivity index (χ4n) is 4.90. The Morgan fingerprint density at radius 3 is 2.33 bits per heavy atom. The number of rotatable bonds is 5. The van der Waals surface area contributed by atoms with E-state index in [0.717, 1.165) is 12.8 Å². The third kappa shape index (κ3) is 4.99. The van der Waals surface area contributed by atoms with Crippen LogP contribution in [-0.2, 0) is 10.0 Å². The first kappa shape index (κ1) is 23.5. The summed E-state index contributed by atoms with van der Waals surface area (Å²) in [5.41, 5.74) is 2.77. The van der Waals surface area contributed by atoms with Gasteiger partial charge in [0.1, 0.15) is 10.6 Å². The first-order valence-corrected chi connectivity index (χ1v) is 13.0. The fraction of sp³-hybridized carbons (Fsp3) is 0.423. The van der Waals surface area contributed by atoms with Gasteiger partial charge in [-0.15, -0.1) is 0 Å². The summed E-state index contributed by atoms with van der Waals surface area (Å²) in [5, 5.41) is 0. The summed E-state index contributed by atoms with van der Waals surface area (Å²) < 4.78 is 34.0. The van der Waals surface area contributed by atoms with Crippen molar-refractivity contribution >= 4 is 21.5 Å². The predicted molar refractivity (Wildman–Crippen MR) is 130 cm³/mol. The van der Waals surface area contributed by atoms with Gasteiger partial charge in [-0.1, -0.05) is 50.3 Å². The predicted octanol–water partition coefficient (Wildman–Crippen LogP) is 4.29. The lowest BCUT2D eigenvalue weighted by Crippen LogP contribution is -2.42. The molecule has 176 valence electrons. The normalized spacial score (nSPS) is 22.0. The minimum atomic E-state index is -3.78. The van der Waals surface area contributed by atoms with E-state index in [1.807, 2.05) is 18.2 Å². The number of benzene rings is 2. The number of carbonyl (C=O) groups excluding carboxylic acids is 1. The molecule has 2 heterocycles. The van der Waals surface area contributed by atoms with E-state index in [0.29, 0.717) is 43.6 Å². The van der Waals surface area contributed by atoms with E-state index in [4.69, 9.17) is 4.74 Å². The minimum Gasteiger partial charge on any atom is -0.495 e. The van der Waals surface area contributed by atoms with Crippen molar-refractivity contribution in [2.75, 3.05) is 33.3 Å². The second kappa shape index (κ2) is 9.69. The van der Waals surface area contributed by atoms with Crippen LogP contribution < -0.4 is 4.74 Å². The van der Waals surface area contributed by atoms with Gasteiger partial charge in [-0.3, -0.25) is 4.79 Å². The maximum absolute atomic E-state index is 13.5. The molecule has 7 heteroatoms. The molecule has 1 saturated heterocycles. The lowest BCUT2D eigenvalue weighted by atomic mass is 9.94. The molecule has 1 fully saturated rings. The zero-order valence-electron chi connectivity index (χ0n) is 19.5. The second-order valence-corrected chi connectivity index (χ2v) is 11.1. The molecule has 2 aliphatic heterocycles. The van der Waals surface area contributed by atoms with Gasteiger partial charge in [0.25, 0.3) is 5.91 Å². The molecule has 33 heavy (non-hydrogen) atoms. The van der Waals surface area contributed by atoms with Gasteiger partial charge in [0.05, 0.1) is 7.11 Å². The Balaban J connectivity index is 1.58. The van der Waals surface area contributed by atoms with Crippen LogP contribution in [0.1, 0.15) is 42.6 Å². The van der Waals surface area contributed by atoms with Gasteiger partial charge >= 0.3 is 0 Å². The van der Waals surface area contributed by atoms with Gasteiger partial charge < -0.3 is 9.64 Å². The number of hydrogen-bond acceptors (Lipinski definition) is 4. The molecule has 0 aromatic heterocycles. The Kier molecular flexibility index (Phi) is 6.91. The van der Waals surface area contributed by atoms with Gasteiger partial charge in [0.2, 0.25) is 10.0 Å². The molecule has 6 nitrogen and oxygen atoms in total. The molecule has 2 aliphatic rings. The van der Waals surface area contributed by atoms with Crippen LogP contribution in [0.25, 0.3) is 5.57 Å². The monoisotopic (exact) mass is 468 g/mol. The number of hydrogen-bond donors (Lipinski definition) is 0. The zero-order chi connectivity index (χ0) is 23.6. The lowest BCUT2D eigenvalue weighted by Gasteiger charge is -2.34. The lowest BCUT2D eigenvalue weighted by molar-refractivity contribution is 0.0772. The molecule has 2 atom stereocenters. The highest BCUT2D eigenvalue weighted by Crippen LogP contribution is 2.32. The van der Waals surface area contributed by atoms with Crippen LogP contribution in [0.2, 0.25) is 0 Å². The topological polar surface area (TPSA) is 66.9 Å². The molecule has 1 amide bonds. The molecule has 0 unspecified atom stereocenters. The Hall–Kier alpha value is -2.64. The van der Waals surface area contributed by atoms with Crippen molar-refractivity contribution in [3.8, 4) is 5.75 Å². The summed E-state index contributed by atoms with van der Waals surface area (Å²) in [6.07, 6.45) is 3.85. The van der Waals surface area contributed by atoms with Crippen LogP contribution in [0.3, 0.4) is 0 Å². The van der Waals surface area contributed by atoms with Crippen molar-refractivity contribution in [3.05, 3.63) is 65.7 Å². The van der Waals surface area contributed by atoms with Crippen LogP contribution in [0.4, 0.5) is 0 Å². The molecule has 0 N–H and O–H groups in total. The smallest absolute Gasteiger partial charge is 0.254 e. The molecule has 0 radical (unpaired) electrons. The van der Waals surface area contributed by atoms with Crippen molar-refractivity contribution in [1.82, 2.24) is 9.21 Å². The first-order valence-electron chi connectivity index (χ1n) is 11.5. The van der Waals surface area contributed by atoms with Gasteiger partial charge in [-0.25, -0.2) is 8.42 Å². The third-order valence-electron chi connectivity index (χ3n) is 6.50. The number of piperidine rings is 1. The Morgan fingerprint density at radius 2 is 1.73 bits per heavy atom.